The zero-order valence-electron chi connectivity index (χ0n) is 12.0. The summed E-state index contributed by atoms with van der Waals surface area (Å²) < 4.78 is 4.58. The van der Waals surface area contributed by atoms with Crippen LogP contribution in [0.25, 0.3) is 12.2 Å². The number of carbonyl (C=O) groups is 1. The van der Waals surface area contributed by atoms with Crippen molar-refractivity contribution in [3.8, 4) is 0 Å². The van der Waals surface area contributed by atoms with E-state index in [0.717, 1.165) is 0 Å². The fraction of sp³-hybridized carbons (Fsp3) is 0.0714. The van der Waals surface area contributed by atoms with Crippen molar-refractivity contribution in [1.29, 1.82) is 0 Å². The van der Waals surface area contributed by atoms with Gasteiger partial charge in [0.25, 0.3) is 0 Å². The molecule has 9 heteroatoms. The van der Waals surface area contributed by atoms with Gasteiger partial charge in [0, 0.05) is 0 Å². The second-order valence-corrected chi connectivity index (χ2v) is 4.39. The third-order valence-electron chi connectivity index (χ3n) is 2.89. The van der Waals surface area contributed by atoms with Gasteiger partial charge in [-0.2, -0.15) is 0 Å². The van der Waals surface area contributed by atoms with E-state index >= 15 is 0 Å². The minimum atomic E-state index is -0.928. The van der Waals surface area contributed by atoms with E-state index in [1.54, 1.807) is 24.3 Å². The largest absolute Gasteiger partial charge is 0.465 e. The number of esters is 1. The molecule has 0 aliphatic rings. The molecule has 9 nitrogen and oxygen atoms in total. The van der Waals surface area contributed by atoms with E-state index in [2.05, 4.69) is 14.7 Å². The Morgan fingerprint density at radius 1 is 1.35 bits per heavy atom. The first-order chi connectivity index (χ1) is 10.9. The summed E-state index contributed by atoms with van der Waals surface area (Å²) in [5.41, 5.74) is 4.63. The molecule has 0 atom stereocenters. The van der Waals surface area contributed by atoms with Crippen molar-refractivity contribution in [2.75, 3.05) is 12.8 Å². The second-order valence-electron chi connectivity index (χ2n) is 4.39. The lowest BCUT2D eigenvalue weighted by atomic mass is 10.1. The van der Waals surface area contributed by atoms with Crippen LogP contribution >= 0.6 is 0 Å². The Morgan fingerprint density at radius 3 is 2.57 bits per heavy atom. The number of rotatable bonds is 4. The minimum Gasteiger partial charge on any atom is -0.465 e. The SMILES string of the molecule is COC(=O)c1ccc(C=Cc2nc(N)[nH]c(=O)c2[N+](=O)[O-])cc1. The van der Waals surface area contributed by atoms with Gasteiger partial charge in [-0.3, -0.25) is 19.9 Å². The summed E-state index contributed by atoms with van der Waals surface area (Å²) in [7, 11) is 1.28. The van der Waals surface area contributed by atoms with Gasteiger partial charge in [-0.1, -0.05) is 18.2 Å². The average Bonchev–Trinajstić information content (AvgIpc) is 2.51. The smallest absolute Gasteiger partial charge is 0.359 e. The highest BCUT2D eigenvalue weighted by Crippen LogP contribution is 2.15. The molecular weight excluding hydrogens is 304 g/mol. The first-order valence-corrected chi connectivity index (χ1v) is 6.33. The Bertz CT molecular complexity index is 839. The molecule has 0 fully saturated rings. The summed E-state index contributed by atoms with van der Waals surface area (Å²) in [6, 6.07) is 6.31. The number of methoxy groups -OCH3 is 1. The molecule has 23 heavy (non-hydrogen) atoms. The average molecular weight is 316 g/mol. The zero-order chi connectivity index (χ0) is 17.0. The number of nitrogens with two attached hydrogens (primary N) is 1. The number of hydrogen-bond donors (Lipinski definition) is 2. The molecule has 0 amide bonds. The lowest BCUT2D eigenvalue weighted by Crippen LogP contribution is -2.17. The molecule has 0 spiro atoms. The number of H-pyrrole nitrogens is 1. The molecular formula is C14H12N4O5. The van der Waals surface area contributed by atoms with Crippen molar-refractivity contribution in [1.82, 2.24) is 9.97 Å². The van der Waals surface area contributed by atoms with Crippen molar-refractivity contribution >= 4 is 29.8 Å². The quantitative estimate of drug-likeness (QED) is 0.490. The molecule has 0 saturated heterocycles. The van der Waals surface area contributed by atoms with E-state index < -0.39 is 22.1 Å². The summed E-state index contributed by atoms with van der Waals surface area (Å²) >= 11 is 0. The third kappa shape index (κ3) is 3.59. The first-order valence-electron chi connectivity index (χ1n) is 6.33. The van der Waals surface area contributed by atoms with E-state index in [0.29, 0.717) is 11.1 Å². The second kappa shape index (κ2) is 6.52. The molecule has 1 heterocycles. The van der Waals surface area contributed by atoms with Gasteiger partial charge in [0.05, 0.1) is 17.6 Å². The van der Waals surface area contributed by atoms with E-state index in [1.165, 1.54) is 19.3 Å². The minimum absolute atomic E-state index is 0.159. The monoisotopic (exact) mass is 316 g/mol. The number of hydrogen-bond acceptors (Lipinski definition) is 7. The first kappa shape index (κ1) is 15.9. The number of nitrogen functional groups attached to an aromatic ring is 1. The lowest BCUT2D eigenvalue weighted by Gasteiger charge is -2.00. The van der Waals surface area contributed by atoms with Gasteiger partial charge in [0.15, 0.2) is 5.69 Å². The molecule has 3 N–H and O–H groups in total. The summed E-state index contributed by atoms with van der Waals surface area (Å²) in [6.45, 7) is 0. The summed E-state index contributed by atoms with van der Waals surface area (Å²) in [6.07, 6.45) is 2.81. The van der Waals surface area contributed by atoms with E-state index in [-0.39, 0.29) is 11.6 Å². The van der Waals surface area contributed by atoms with Gasteiger partial charge in [-0.05, 0) is 23.8 Å². The van der Waals surface area contributed by atoms with Crippen LogP contribution in [0.4, 0.5) is 11.6 Å². The van der Waals surface area contributed by atoms with E-state index in [4.69, 9.17) is 5.73 Å². The van der Waals surface area contributed by atoms with Gasteiger partial charge in [-0.25, -0.2) is 9.78 Å². The number of aromatic amines is 1. The predicted octanol–water partition coefficient (Wildman–Crippen LogP) is 1.22. The van der Waals surface area contributed by atoms with Crippen LogP contribution < -0.4 is 11.3 Å². The zero-order valence-corrected chi connectivity index (χ0v) is 12.0. The van der Waals surface area contributed by atoms with Crippen molar-refractivity contribution in [2.24, 2.45) is 0 Å². The highest BCUT2D eigenvalue weighted by molar-refractivity contribution is 5.89. The molecule has 0 aliphatic carbocycles. The fourth-order valence-electron chi connectivity index (χ4n) is 1.82. The number of nitro groups is 1. The Balaban J connectivity index is 2.35. The third-order valence-corrected chi connectivity index (χ3v) is 2.89. The molecule has 118 valence electrons. The van der Waals surface area contributed by atoms with Crippen LogP contribution in [0.2, 0.25) is 0 Å². The number of carbonyl (C=O) groups excluding carboxylic acids is 1. The summed E-state index contributed by atoms with van der Waals surface area (Å²) in [4.78, 5) is 38.8. The van der Waals surface area contributed by atoms with Gasteiger partial charge in [0.2, 0.25) is 5.95 Å². The summed E-state index contributed by atoms with van der Waals surface area (Å²) in [5.74, 6) is -0.693. The van der Waals surface area contributed by atoms with Crippen LogP contribution in [0.1, 0.15) is 21.6 Å². The Labute approximate surface area is 129 Å². The van der Waals surface area contributed by atoms with Crippen LogP contribution in [0.5, 0.6) is 0 Å². The Kier molecular flexibility index (Phi) is 4.50. The highest BCUT2D eigenvalue weighted by atomic mass is 16.6. The molecule has 0 bridgehead atoms. The lowest BCUT2D eigenvalue weighted by molar-refractivity contribution is -0.386. The summed E-state index contributed by atoms with van der Waals surface area (Å²) in [5, 5.41) is 10.9. The predicted molar refractivity (Wildman–Crippen MR) is 82.6 cm³/mol. The maximum atomic E-state index is 11.6. The molecule has 2 aromatic rings. The van der Waals surface area contributed by atoms with Crippen molar-refractivity contribution in [3.63, 3.8) is 0 Å². The maximum absolute atomic E-state index is 11.6. The van der Waals surface area contributed by atoms with Crippen LogP contribution in [-0.2, 0) is 4.74 Å². The van der Waals surface area contributed by atoms with Crippen molar-refractivity contribution < 1.29 is 14.5 Å². The van der Waals surface area contributed by atoms with Gasteiger partial charge < -0.3 is 10.5 Å². The van der Waals surface area contributed by atoms with Gasteiger partial charge >= 0.3 is 17.2 Å². The molecule has 0 radical (unpaired) electrons. The number of nitrogens with zero attached hydrogens (tertiary/aromatic N) is 2. The highest BCUT2D eigenvalue weighted by Gasteiger charge is 2.19. The van der Waals surface area contributed by atoms with Crippen LogP contribution in [0.3, 0.4) is 0 Å². The number of aromatic nitrogens is 2. The van der Waals surface area contributed by atoms with E-state index in [1.807, 2.05) is 0 Å². The van der Waals surface area contributed by atoms with Crippen LogP contribution in [-0.4, -0.2) is 28.0 Å². The van der Waals surface area contributed by atoms with E-state index in [9.17, 15) is 19.7 Å². The molecule has 0 saturated carbocycles. The molecule has 0 aliphatic heterocycles. The van der Waals surface area contributed by atoms with Crippen molar-refractivity contribution in [3.05, 3.63) is 61.6 Å². The number of ether oxygens (including phenoxy) is 1. The molecule has 2 rings (SSSR count). The van der Waals surface area contributed by atoms with Gasteiger partial charge in [0.1, 0.15) is 0 Å². The fourth-order valence-corrected chi connectivity index (χ4v) is 1.82. The number of anilines is 1. The number of nitrogens with one attached hydrogen (secondary N) is 1. The normalized spacial score (nSPS) is 10.7. The standard InChI is InChI=1S/C14H12N4O5/c1-23-13(20)9-5-2-8(3-6-9)4-7-10-11(18(21)22)12(19)17-14(15)16-10/h2-7H,1H3,(H3,15,16,17,19). The maximum Gasteiger partial charge on any atom is 0.359 e. The topological polar surface area (TPSA) is 141 Å². The molecule has 1 aromatic carbocycles. The Hall–Kier alpha value is -3.49. The van der Waals surface area contributed by atoms with Crippen LogP contribution in [0.15, 0.2) is 29.1 Å². The van der Waals surface area contributed by atoms with Crippen LogP contribution in [0, 0.1) is 10.1 Å². The van der Waals surface area contributed by atoms with Gasteiger partial charge in [-0.15, -0.1) is 0 Å². The number of benzene rings is 1. The molecule has 0 unspecified atom stereocenters. The molecule has 1 aromatic heterocycles. The Morgan fingerprint density at radius 2 is 2.00 bits per heavy atom. The van der Waals surface area contributed by atoms with Crippen molar-refractivity contribution in [2.45, 2.75) is 0 Å².